The molecule has 0 saturated heterocycles. The van der Waals surface area contributed by atoms with Crippen LogP contribution in [-0.4, -0.2) is 46.1 Å². The highest BCUT2D eigenvalue weighted by molar-refractivity contribution is 7.92. The quantitative estimate of drug-likeness (QED) is 0.499. The van der Waals surface area contributed by atoms with Gasteiger partial charge in [-0.1, -0.05) is 0 Å². The molecule has 3 N–H and O–H groups in total. The second-order valence-corrected chi connectivity index (χ2v) is 8.37. The van der Waals surface area contributed by atoms with Gasteiger partial charge in [-0.3, -0.25) is 9.62 Å². The number of carbonyl (C=O) groups is 1. The molecule has 3 heterocycles. The molecule has 16 heteroatoms. The lowest BCUT2D eigenvalue weighted by molar-refractivity contribution is 0.0561. The van der Waals surface area contributed by atoms with Crippen LogP contribution in [0, 0.1) is 6.92 Å². The van der Waals surface area contributed by atoms with E-state index in [1.54, 1.807) is 0 Å². The van der Waals surface area contributed by atoms with Crippen molar-refractivity contribution in [2.75, 3.05) is 16.2 Å². The summed E-state index contributed by atoms with van der Waals surface area (Å²) >= 11 is 0. The predicted molar refractivity (Wildman–Crippen MR) is 101 cm³/mol. The highest BCUT2D eigenvalue weighted by Gasteiger charge is 2.39. The van der Waals surface area contributed by atoms with Gasteiger partial charge in [0.15, 0.2) is 6.10 Å². The molecular weight excluding hydrogens is 458 g/mol. The Bertz CT molecular complexity index is 1350. The van der Waals surface area contributed by atoms with Gasteiger partial charge in [-0.05, 0) is 25.1 Å². The highest BCUT2D eigenvalue weighted by atomic mass is 32.2. The molecule has 0 saturated carbocycles. The van der Waals surface area contributed by atoms with Gasteiger partial charge in [0.1, 0.15) is 10.6 Å². The number of hydrogen-bond acceptors (Lipinski definition) is 8. The molecule has 1 aromatic carbocycles. The minimum Gasteiger partial charge on any atom is -0.476 e. The van der Waals surface area contributed by atoms with Gasteiger partial charge in [-0.15, -0.1) is 5.10 Å². The van der Waals surface area contributed by atoms with Crippen molar-refractivity contribution >= 4 is 27.5 Å². The molecule has 1 unspecified atom stereocenters. The number of halogens is 2. The van der Waals surface area contributed by atoms with Crippen molar-refractivity contribution < 1.29 is 36.3 Å². The van der Waals surface area contributed by atoms with Crippen molar-refractivity contribution in [3.63, 3.8) is 0 Å². The van der Waals surface area contributed by atoms with Crippen molar-refractivity contribution in [1.29, 1.82) is 0 Å². The number of rotatable bonds is 5. The van der Waals surface area contributed by atoms with Gasteiger partial charge >= 0.3 is 18.4 Å². The van der Waals surface area contributed by atoms with Crippen molar-refractivity contribution in [2.24, 2.45) is 0 Å². The zero-order valence-corrected chi connectivity index (χ0v) is 16.8. The van der Waals surface area contributed by atoms with E-state index in [0.29, 0.717) is 6.20 Å². The van der Waals surface area contributed by atoms with Crippen LogP contribution in [0.15, 0.2) is 38.5 Å². The Balaban J connectivity index is 1.84. The maximum atomic E-state index is 13.4. The minimum absolute atomic E-state index is 0.00897. The average Bonchev–Trinajstić information content (AvgIpc) is 3.33. The molecule has 1 aliphatic rings. The van der Waals surface area contributed by atoms with Crippen LogP contribution in [0.3, 0.4) is 0 Å². The number of ether oxygens (including phenoxy) is 1. The molecule has 4 rings (SSSR count). The number of amides is 1. The predicted octanol–water partition coefficient (Wildman–Crippen LogP) is 1.68. The number of alkyl halides is 2. The molecule has 0 bridgehead atoms. The Kier molecular flexibility index (Phi) is 5.08. The fourth-order valence-electron chi connectivity index (χ4n) is 3.12. The number of aromatic nitrogens is 4. The molecule has 170 valence electrons. The summed E-state index contributed by atoms with van der Waals surface area (Å²) in [4.78, 5) is 21.8. The van der Waals surface area contributed by atoms with E-state index in [2.05, 4.69) is 15.5 Å². The van der Waals surface area contributed by atoms with E-state index in [1.807, 2.05) is 5.10 Å². The number of anilines is 2. The number of benzene rings is 1. The SMILES string of the molecule is Cc1nn(C(F)F)cc1S(=O)(=O)N1CC(c2n[nH]c(=O)o2)Oc2ccc(NC(=O)O)cc21. The maximum Gasteiger partial charge on any atom is 0.434 e. The van der Waals surface area contributed by atoms with Crippen LogP contribution in [0.2, 0.25) is 0 Å². The number of hydrogen-bond donors (Lipinski definition) is 3. The highest BCUT2D eigenvalue weighted by Crippen LogP contribution is 2.42. The van der Waals surface area contributed by atoms with Crippen LogP contribution >= 0.6 is 0 Å². The lowest BCUT2D eigenvalue weighted by atomic mass is 10.2. The molecule has 3 aromatic rings. The Morgan fingerprint density at radius 3 is 2.75 bits per heavy atom. The van der Waals surface area contributed by atoms with Gasteiger partial charge in [0.25, 0.3) is 15.9 Å². The molecule has 0 spiro atoms. The lowest BCUT2D eigenvalue weighted by Gasteiger charge is -2.34. The van der Waals surface area contributed by atoms with Crippen molar-refractivity contribution in [2.45, 2.75) is 24.5 Å². The number of aromatic amines is 1. The van der Waals surface area contributed by atoms with E-state index in [-0.39, 0.29) is 33.4 Å². The summed E-state index contributed by atoms with van der Waals surface area (Å²) in [7, 11) is -4.49. The number of H-pyrrole nitrogens is 1. The third-order valence-electron chi connectivity index (χ3n) is 4.45. The van der Waals surface area contributed by atoms with E-state index in [4.69, 9.17) is 14.3 Å². The number of fused-ring (bicyclic) bond motifs is 1. The third-order valence-corrected chi connectivity index (χ3v) is 6.33. The molecule has 32 heavy (non-hydrogen) atoms. The summed E-state index contributed by atoms with van der Waals surface area (Å²) in [5.41, 5.74) is -0.222. The smallest absolute Gasteiger partial charge is 0.434 e. The topological polar surface area (TPSA) is 173 Å². The normalized spacial score (nSPS) is 16.0. The fourth-order valence-corrected chi connectivity index (χ4v) is 4.75. The number of nitrogens with zero attached hydrogens (tertiary/aromatic N) is 4. The van der Waals surface area contributed by atoms with Gasteiger partial charge in [0.05, 0.1) is 24.1 Å². The average molecular weight is 472 g/mol. The first-order chi connectivity index (χ1) is 15.1. The van der Waals surface area contributed by atoms with E-state index in [0.717, 1.165) is 4.31 Å². The molecule has 1 aliphatic heterocycles. The second-order valence-electron chi connectivity index (χ2n) is 6.54. The van der Waals surface area contributed by atoms with Gasteiger partial charge in [0.2, 0.25) is 0 Å². The minimum atomic E-state index is -4.49. The van der Waals surface area contributed by atoms with Crippen LogP contribution in [0.5, 0.6) is 5.75 Å². The first-order valence-corrected chi connectivity index (χ1v) is 10.2. The third kappa shape index (κ3) is 3.75. The Morgan fingerprint density at radius 1 is 1.41 bits per heavy atom. The summed E-state index contributed by atoms with van der Waals surface area (Å²) in [6.07, 6.45) is -1.87. The van der Waals surface area contributed by atoms with Crippen molar-refractivity contribution in [3.8, 4) is 5.75 Å². The van der Waals surface area contributed by atoms with Gasteiger partial charge < -0.3 is 14.3 Å². The molecule has 0 radical (unpaired) electrons. The van der Waals surface area contributed by atoms with E-state index >= 15 is 0 Å². The van der Waals surface area contributed by atoms with Crippen LogP contribution < -0.4 is 20.1 Å². The molecule has 0 fully saturated rings. The van der Waals surface area contributed by atoms with Gasteiger partial charge in [-0.25, -0.2) is 27.8 Å². The van der Waals surface area contributed by atoms with Crippen molar-refractivity contribution in [3.05, 3.63) is 46.5 Å². The largest absolute Gasteiger partial charge is 0.476 e. The van der Waals surface area contributed by atoms with Crippen LogP contribution in [0.25, 0.3) is 0 Å². The zero-order chi connectivity index (χ0) is 23.2. The van der Waals surface area contributed by atoms with E-state index in [9.17, 15) is 26.8 Å². The molecule has 13 nitrogen and oxygen atoms in total. The molecule has 2 aromatic heterocycles. The van der Waals surface area contributed by atoms with Crippen LogP contribution in [-0.2, 0) is 10.0 Å². The number of nitrogens with one attached hydrogen (secondary N) is 2. The Labute approximate surface area is 177 Å². The molecule has 0 aliphatic carbocycles. The number of aryl methyl sites for hydroxylation is 1. The molecule has 1 amide bonds. The van der Waals surface area contributed by atoms with Gasteiger partial charge in [0, 0.05) is 5.69 Å². The lowest BCUT2D eigenvalue weighted by Crippen LogP contribution is -2.40. The molecule has 1 atom stereocenters. The second kappa shape index (κ2) is 7.63. The van der Waals surface area contributed by atoms with E-state index in [1.165, 1.54) is 25.1 Å². The summed E-state index contributed by atoms with van der Waals surface area (Å²) in [6, 6.07) is 3.82. The summed E-state index contributed by atoms with van der Waals surface area (Å²) in [5, 5.41) is 20.3. The van der Waals surface area contributed by atoms with E-state index < -0.39 is 46.0 Å². The molecular formula is C16H14F2N6O7S. The van der Waals surface area contributed by atoms with Crippen LogP contribution in [0.4, 0.5) is 25.0 Å². The fraction of sp³-hybridized carbons (Fsp3) is 0.250. The van der Waals surface area contributed by atoms with Crippen molar-refractivity contribution in [1.82, 2.24) is 20.0 Å². The Morgan fingerprint density at radius 2 is 2.16 bits per heavy atom. The Hall–Kier alpha value is -3.95. The summed E-state index contributed by atoms with van der Waals surface area (Å²) in [5.74, 6) is -1.14. The first-order valence-electron chi connectivity index (χ1n) is 8.79. The summed E-state index contributed by atoms with van der Waals surface area (Å²) in [6.45, 7) is -2.27. The summed E-state index contributed by atoms with van der Waals surface area (Å²) < 4.78 is 64.5. The first kappa shape index (κ1) is 21.3. The monoisotopic (exact) mass is 472 g/mol. The maximum absolute atomic E-state index is 13.4. The van der Waals surface area contributed by atoms with Crippen LogP contribution in [0.1, 0.15) is 24.2 Å². The zero-order valence-electron chi connectivity index (χ0n) is 16.0. The standard InChI is InChI=1S/C16H14F2N6O7S/c1-7-12(6-23(22-7)14(17)18)32(28,29)24-5-11(13-20-21-16(27)31-13)30-10-3-2-8(4-9(10)24)19-15(25)26/h2-4,6,11,14,19H,5H2,1H3,(H,21,27)(H,25,26). The number of sulfonamides is 1. The number of carboxylic acid groups (broad SMARTS) is 1. The van der Waals surface area contributed by atoms with Gasteiger partial charge in [-0.2, -0.15) is 13.9 Å².